The third-order valence-electron chi connectivity index (χ3n) is 4.88. The summed E-state index contributed by atoms with van der Waals surface area (Å²) in [5.74, 6) is -0.388. The first kappa shape index (κ1) is 16.3. The average Bonchev–Trinajstić information content (AvgIpc) is 2.65. The van der Waals surface area contributed by atoms with Crippen molar-refractivity contribution in [3.63, 3.8) is 0 Å². The molecule has 0 radical (unpaired) electrons. The zero-order valence-electron chi connectivity index (χ0n) is 15.1. The van der Waals surface area contributed by atoms with Gasteiger partial charge in [-0.15, -0.1) is 4.57 Å². The Balaban J connectivity index is 2.15. The molecule has 1 aliphatic rings. The summed E-state index contributed by atoms with van der Waals surface area (Å²) in [6, 6.07) is 16.0. The number of para-hydroxylation sites is 1. The number of carbonyl (C=O) groups is 1. The van der Waals surface area contributed by atoms with E-state index in [9.17, 15) is 4.79 Å². The molecule has 1 atom stereocenters. The number of nitrogens with zero attached hydrogens (tertiary/aromatic N) is 3. The summed E-state index contributed by atoms with van der Waals surface area (Å²) in [4.78, 5) is 19.6. The fourth-order valence-corrected chi connectivity index (χ4v) is 3.29. The quantitative estimate of drug-likeness (QED) is 0.726. The van der Waals surface area contributed by atoms with Crippen LogP contribution in [0.1, 0.15) is 23.1 Å². The van der Waals surface area contributed by atoms with Gasteiger partial charge >= 0.3 is 0 Å². The number of aromatic nitrogens is 2. The molecule has 1 unspecified atom stereocenters. The predicted molar refractivity (Wildman–Crippen MR) is 103 cm³/mol. The Kier molecular flexibility index (Phi) is 3.72. The first-order chi connectivity index (χ1) is 12.5. The van der Waals surface area contributed by atoms with Gasteiger partial charge in [-0.3, -0.25) is 4.79 Å². The van der Waals surface area contributed by atoms with Crippen molar-refractivity contribution in [2.45, 2.75) is 6.92 Å². The molecule has 2 N–H and O–H groups in total. The van der Waals surface area contributed by atoms with Gasteiger partial charge in [0.2, 0.25) is 16.9 Å². The highest BCUT2D eigenvalue weighted by Gasteiger charge is 2.34. The number of nitrogens with two attached hydrogens (primary N) is 1. The molecule has 1 aliphatic carbocycles. The van der Waals surface area contributed by atoms with E-state index in [1.54, 1.807) is 0 Å². The van der Waals surface area contributed by atoms with Crippen molar-refractivity contribution in [3.8, 4) is 5.69 Å². The largest absolute Gasteiger partial charge is 0.401 e. The Labute approximate surface area is 152 Å². The van der Waals surface area contributed by atoms with E-state index < -0.39 is 0 Å². The fourth-order valence-electron chi connectivity index (χ4n) is 3.29. The van der Waals surface area contributed by atoms with E-state index in [0.717, 1.165) is 28.1 Å². The van der Waals surface area contributed by atoms with Crippen LogP contribution >= 0.6 is 0 Å². The van der Waals surface area contributed by atoms with Crippen LogP contribution in [0.2, 0.25) is 0 Å². The molecule has 5 nitrogen and oxygen atoms in total. The fraction of sp³-hybridized carbons (Fsp3) is 0.190. The lowest BCUT2D eigenvalue weighted by molar-refractivity contribution is -0.570. The number of benzene rings is 2. The van der Waals surface area contributed by atoms with Crippen LogP contribution in [-0.2, 0) is 0 Å². The highest BCUT2D eigenvalue weighted by Crippen LogP contribution is 2.27. The highest BCUT2D eigenvalue weighted by molar-refractivity contribution is 6.03. The van der Waals surface area contributed by atoms with Gasteiger partial charge in [0.15, 0.2) is 11.5 Å². The number of fused-ring (bicyclic) bond motifs is 2. The van der Waals surface area contributed by atoms with E-state index in [1.165, 1.54) is 0 Å². The predicted octanol–water partition coefficient (Wildman–Crippen LogP) is 2.71. The van der Waals surface area contributed by atoms with Crippen LogP contribution in [0.25, 0.3) is 22.8 Å². The minimum Gasteiger partial charge on any atom is -0.401 e. The standard InChI is InChI=1S/C21H20N4O/c1-13-16(22)12-19-20(21(13)26)23-17-10-9-15(24(2)3)11-18(17)25(19)14-7-5-4-6-8-14/h4-13,22H,1-3H3/p+1. The zero-order valence-corrected chi connectivity index (χ0v) is 15.1. The minimum absolute atomic E-state index is 0.0386. The van der Waals surface area contributed by atoms with E-state index in [0.29, 0.717) is 11.4 Å². The summed E-state index contributed by atoms with van der Waals surface area (Å²) in [7, 11) is 4.01. The van der Waals surface area contributed by atoms with Crippen LogP contribution in [0.4, 0.5) is 5.69 Å². The molecule has 4 rings (SSSR count). The topological polar surface area (TPSA) is 63.1 Å². The Morgan fingerprint density at radius 1 is 1.12 bits per heavy atom. The first-order valence-electron chi connectivity index (χ1n) is 8.61. The third kappa shape index (κ3) is 2.44. The first-order valence-corrected chi connectivity index (χ1v) is 8.61. The maximum atomic E-state index is 12.8. The monoisotopic (exact) mass is 345 g/mol. The summed E-state index contributed by atoms with van der Waals surface area (Å²) in [5, 5.41) is 0. The molecule has 1 aromatic heterocycles. The lowest BCUT2D eigenvalue weighted by atomic mass is 9.92. The minimum atomic E-state index is -0.349. The second-order valence-corrected chi connectivity index (χ2v) is 6.81. The number of ketones is 1. The number of rotatable bonds is 2. The number of hydrogen-bond acceptors (Lipinski definition) is 4. The van der Waals surface area contributed by atoms with E-state index in [1.807, 2.05) is 74.5 Å². The smallest absolute Gasteiger partial charge is 0.243 e. The third-order valence-corrected chi connectivity index (χ3v) is 4.88. The maximum Gasteiger partial charge on any atom is 0.243 e. The highest BCUT2D eigenvalue weighted by atomic mass is 16.1. The van der Waals surface area contributed by atoms with Crippen molar-refractivity contribution >= 4 is 28.6 Å². The Morgan fingerprint density at radius 2 is 1.85 bits per heavy atom. The van der Waals surface area contributed by atoms with Gasteiger partial charge in [0, 0.05) is 49.8 Å². The van der Waals surface area contributed by atoms with Crippen LogP contribution < -0.4 is 15.2 Å². The number of Topliss-reactive ketones (excluding diaryl/α,β-unsaturated/α-hetero) is 1. The molecule has 5 heteroatoms. The molecule has 0 amide bonds. The number of anilines is 1. The molecule has 0 fully saturated rings. The van der Waals surface area contributed by atoms with Crippen LogP contribution in [0.5, 0.6) is 0 Å². The van der Waals surface area contributed by atoms with Crippen molar-refractivity contribution in [2.24, 2.45) is 11.7 Å². The normalized spacial score (nSPS) is 16.3. The van der Waals surface area contributed by atoms with Gasteiger partial charge in [0.25, 0.3) is 0 Å². The van der Waals surface area contributed by atoms with E-state index in [4.69, 9.17) is 5.73 Å². The molecule has 3 aromatic rings. The number of hydrogen-bond donors (Lipinski definition) is 1. The Morgan fingerprint density at radius 3 is 2.54 bits per heavy atom. The van der Waals surface area contributed by atoms with Gasteiger partial charge < -0.3 is 10.6 Å². The van der Waals surface area contributed by atoms with E-state index in [-0.39, 0.29) is 11.7 Å². The molecule has 0 saturated heterocycles. The maximum absolute atomic E-state index is 12.8. The zero-order chi connectivity index (χ0) is 18.4. The van der Waals surface area contributed by atoms with Gasteiger partial charge in [-0.1, -0.05) is 18.2 Å². The lowest BCUT2D eigenvalue weighted by Gasteiger charge is -2.18. The SMILES string of the molecule is CC1C(=O)c2nc3ccc(N(C)C)cc3[n+](-c3ccccc3)c2C=C1N. The Bertz CT molecular complexity index is 1050. The molecule has 0 spiro atoms. The molecule has 2 aromatic carbocycles. The van der Waals surface area contributed by atoms with Gasteiger partial charge in [-0.25, -0.2) is 4.98 Å². The summed E-state index contributed by atoms with van der Waals surface area (Å²) in [5.41, 5.74) is 11.7. The summed E-state index contributed by atoms with van der Waals surface area (Å²) >= 11 is 0. The summed E-state index contributed by atoms with van der Waals surface area (Å²) in [6.45, 7) is 1.82. The van der Waals surface area contributed by atoms with Crippen LogP contribution in [-0.4, -0.2) is 24.9 Å². The molecule has 130 valence electrons. The molecule has 0 aliphatic heterocycles. The van der Waals surface area contributed by atoms with Gasteiger partial charge in [-0.05, 0) is 19.1 Å². The van der Waals surface area contributed by atoms with E-state index >= 15 is 0 Å². The van der Waals surface area contributed by atoms with Crippen molar-refractivity contribution in [2.75, 3.05) is 19.0 Å². The Hall–Kier alpha value is -3.21. The van der Waals surface area contributed by atoms with Crippen LogP contribution in [0.3, 0.4) is 0 Å². The average molecular weight is 345 g/mol. The van der Waals surface area contributed by atoms with Crippen molar-refractivity contribution in [3.05, 3.63) is 65.6 Å². The van der Waals surface area contributed by atoms with Crippen molar-refractivity contribution in [1.82, 2.24) is 4.98 Å². The lowest BCUT2D eigenvalue weighted by Crippen LogP contribution is -2.41. The molecular weight excluding hydrogens is 324 g/mol. The van der Waals surface area contributed by atoms with Crippen LogP contribution in [0, 0.1) is 5.92 Å². The number of carbonyl (C=O) groups excluding carboxylic acids is 1. The number of allylic oxidation sites excluding steroid dienone is 1. The second kappa shape index (κ2) is 5.95. The van der Waals surface area contributed by atoms with Crippen molar-refractivity contribution < 1.29 is 9.36 Å². The van der Waals surface area contributed by atoms with Crippen LogP contribution in [0.15, 0.2) is 54.2 Å². The van der Waals surface area contributed by atoms with Gasteiger partial charge in [-0.2, -0.15) is 0 Å². The molecule has 1 heterocycles. The van der Waals surface area contributed by atoms with Crippen molar-refractivity contribution in [1.29, 1.82) is 0 Å². The molecule has 0 saturated carbocycles. The summed E-state index contributed by atoms with van der Waals surface area (Å²) < 4.78 is 2.07. The molecule has 26 heavy (non-hydrogen) atoms. The second-order valence-electron chi connectivity index (χ2n) is 6.81. The summed E-state index contributed by atoms with van der Waals surface area (Å²) in [6.07, 6.45) is 1.88. The van der Waals surface area contributed by atoms with Gasteiger partial charge in [0.05, 0.1) is 5.92 Å². The van der Waals surface area contributed by atoms with Gasteiger partial charge in [0.1, 0.15) is 5.52 Å². The van der Waals surface area contributed by atoms with E-state index in [2.05, 4.69) is 15.6 Å². The molecular formula is C21H21N4O+. The molecule has 0 bridgehead atoms.